The molecule has 0 aromatic carbocycles. The van der Waals surface area contributed by atoms with Crippen LogP contribution in [0.3, 0.4) is 0 Å². The third-order valence-electron chi connectivity index (χ3n) is 2.78. The quantitative estimate of drug-likeness (QED) is 0.710. The maximum atomic E-state index is 4.18. The van der Waals surface area contributed by atoms with Crippen LogP contribution >= 0.6 is 0 Å². The standard InChI is InChI=1S/C12H20N6/c1-2-6-17-11-14-10-12(17)9-13-4-3-7-18-8-5-15-16-18/h5,8,10-11,13H,2-4,6-7,9H2,1H3. The normalized spacial score (nSPS) is 10.9. The minimum Gasteiger partial charge on any atom is -0.333 e. The monoisotopic (exact) mass is 248 g/mol. The van der Waals surface area contributed by atoms with Crippen LogP contribution in [0.25, 0.3) is 0 Å². The Kier molecular flexibility index (Phi) is 4.89. The molecule has 0 aliphatic heterocycles. The summed E-state index contributed by atoms with van der Waals surface area (Å²) < 4.78 is 4.05. The zero-order chi connectivity index (χ0) is 12.6. The van der Waals surface area contributed by atoms with Gasteiger partial charge >= 0.3 is 0 Å². The lowest BCUT2D eigenvalue weighted by Gasteiger charge is -2.08. The summed E-state index contributed by atoms with van der Waals surface area (Å²) in [6.45, 7) is 5.96. The minimum atomic E-state index is 0.872. The van der Waals surface area contributed by atoms with Gasteiger partial charge in [-0.15, -0.1) is 5.10 Å². The van der Waals surface area contributed by atoms with Gasteiger partial charge in [-0.25, -0.2) is 4.98 Å². The molecule has 2 heterocycles. The maximum Gasteiger partial charge on any atom is 0.0948 e. The Morgan fingerprint density at radius 3 is 3.06 bits per heavy atom. The molecule has 18 heavy (non-hydrogen) atoms. The van der Waals surface area contributed by atoms with Crippen LogP contribution in [0.4, 0.5) is 0 Å². The highest BCUT2D eigenvalue weighted by Crippen LogP contribution is 2.00. The number of hydrogen-bond acceptors (Lipinski definition) is 4. The van der Waals surface area contributed by atoms with Crippen molar-refractivity contribution in [2.75, 3.05) is 6.54 Å². The molecule has 0 amide bonds. The number of aryl methyl sites for hydroxylation is 2. The fraction of sp³-hybridized carbons (Fsp3) is 0.583. The van der Waals surface area contributed by atoms with Crippen LogP contribution in [0.1, 0.15) is 25.5 Å². The fourth-order valence-electron chi connectivity index (χ4n) is 1.87. The number of nitrogens with one attached hydrogen (secondary N) is 1. The number of rotatable bonds is 8. The first-order chi connectivity index (χ1) is 8.90. The number of imidazole rings is 1. The molecule has 0 spiro atoms. The van der Waals surface area contributed by atoms with E-state index < -0.39 is 0 Å². The molecular formula is C12H20N6. The van der Waals surface area contributed by atoms with Crippen LogP contribution in [-0.2, 0) is 19.6 Å². The Balaban J connectivity index is 1.64. The van der Waals surface area contributed by atoms with E-state index in [1.54, 1.807) is 6.20 Å². The van der Waals surface area contributed by atoms with Gasteiger partial charge in [-0.2, -0.15) is 0 Å². The molecule has 0 aliphatic rings. The summed E-state index contributed by atoms with van der Waals surface area (Å²) >= 11 is 0. The molecule has 0 bridgehead atoms. The van der Waals surface area contributed by atoms with E-state index in [1.165, 1.54) is 5.69 Å². The topological polar surface area (TPSA) is 60.6 Å². The molecule has 1 N–H and O–H groups in total. The lowest BCUT2D eigenvalue weighted by Crippen LogP contribution is -2.18. The van der Waals surface area contributed by atoms with Gasteiger partial charge in [0.25, 0.3) is 0 Å². The van der Waals surface area contributed by atoms with Gasteiger partial charge < -0.3 is 9.88 Å². The Hall–Kier alpha value is -1.69. The largest absolute Gasteiger partial charge is 0.333 e. The van der Waals surface area contributed by atoms with E-state index in [-0.39, 0.29) is 0 Å². The van der Waals surface area contributed by atoms with Crippen LogP contribution in [0, 0.1) is 0 Å². The van der Waals surface area contributed by atoms with Crippen molar-refractivity contribution in [3.63, 3.8) is 0 Å². The van der Waals surface area contributed by atoms with E-state index in [9.17, 15) is 0 Å². The molecular weight excluding hydrogens is 228 g/mol. The van der Waals surface area contributed by atoms with Gasteiger partial charge in [-0.05, 0) is 19.4 Å². The molecule has 0 unspecified atom stereocenters. The lowest BCUT2D eigenvalue weighted by atomic mass is 10.3. The molecule has 98 valence electrons. The molecule has 2 aromatic rings. The predicted octanol–water partition coefficient (Wildman–Crippen LogP) is 1.06. The summed E-state index contributed by atoms with van der Waals surface area (Å²) in [6, 6.07) is 0. The van der Waals surface area contributed by atoms with Crippen LogP contribution in [0.15, 0.2) is 24.9 Å². The van der Waals surface area contributed by atoms with Crippen molar-refractivity contribution in [2.45, 2.75) is 39.4 Å². The molecule has 0 saturated carbocycles. The van der Waals surface area contributed by atoms with Gasteiger partial charge in [0.05, 0.1) is 18.2 Å². The summed E-state index contributed by atoms with van der Waals surface area (Å²) in [7, 11) is 0. The van der Waals surface area contributed by atoms with Gasteiger partial charge in [0, 0.05) is 32.0 Å². The number of aromatic nitrogens is 5. The van der Waals surface area contributed by atoms with Crippen molar-refractivity contribution in [1.29, 1.82) is 0 Å². The Bertz CT molecular complexity index is 433. The zero-order valence-corrected chi connectivity index (χ0v) is 10.8. The Morgan fingerprint density at radius 1 is 1.33 bits per heavy atom. The first kappa shape index (κ1) is 12.8. The zero-order valence-electron chi connectivity index (χ0n) is 10.8. The van der Waals surface area contributed by atoms with Gasteiger partial charge in [-0.3, -0.25) is 4.68 Å². The second-order valence-corrected chi connectivity index (χ2v) is 4.27. The van der Waals surface area contributed by atoms with E-state index in [2.05, 4.69) is 32.1 Å². The first-order valence-electron chi connectivity index (χ1n) is 6.44. The highest BCUT2D eigenvalue weighted by atomic mass is 15.4. The Labute approximate surface area is 107 Å². The summed E-state index contributed by atoms with van der Waals surface area (Å²) in [5, 5.41) is 11.1. The summed E-state index contributed by atoms with van der Waals surface area (Å²) in [4.78, 5) is 4.18. The summed E-state index contributed by atoms with van der Waals surface area (Å²) in [5.41, 5.74) is 1.25. The van der Waals surface area contributed by atoms with Gasteiger partial charge in [0.15, 0.2) is 0 Å². The van der Waals surface area contributed by atoms with Gasteiger partial charge in [0.1, 0.15) is 0 Å². The maximum absolute atomic E-state index is 4.18. The van der Waals surface area contributed by atoms with Crippen molar-refractivity contribution >= 4 is 0 Å². The SMILES string of the molecule is CCCn1cncc1CNCCCn1ccnn1. The Morgan fingerprint density at radius 2 is 2.28 bits per heavy atom. The predicted molar refractivity (Wildman–Crippen MR) is 68.9 cm³/mol. The average Bonchev–Trinajstić information content (AvgIpc) is 3.01. The molecule has 2 aromatic heterocycles. The smallest absolute Gasteiger partial charge is 0.0948 e. The molecule has 6 heteroatoms. The lowest BCUT2D eigenvalue weighted by molar-refractivity contribution is 0.521. The van der Waals surface area contributed by atoms with Crippen LogP contribution in [-0.4, -0.2) is 31.1 Å². The van der Waals surface area contributed by atoms with E-state index in [1.807, 2.05) is 23.4 Å². The van der Waals surface area contributed by atoms with Crippen molar-refractivity contribution in [1.82, 2.24) is 29.9 Å². The van der Waals surface area contributed by atoms with Crippen molar-refractivity contribution < 1.29 is 0 Å². The molecule has 0 atom stereocenters. The fourth-order valence-corrected chi connectivity index (χ4v) is 1.87. The molecule has 0 fully saturated rings. The number of nitrogens with zero attached hydrogens (tertiary/aromatic N) is 5. The molecule has 2 rings (SSSR count). The third kappa shape index (κ3) is 3.66. The molecule has 6 nitrogen and oxygen atoms in total. The van der Waals surface area contributed by atoms with E-state index >= 15 is 0 Å². The van der Waals surface area contributed by atoms with E-state index in [4.69, 9.17) is 0 Å². The molecule has 0 aliphatic carbocycles. The van der Waals surface area contributed by atoms with Gasteiger partial charge in [0.2, 0.25) is 0 Å². The van der Waals surface area contributed by atoms with Crippen LogP contribution in [0.2, 0.25) is 0 Å². The second-order valence-electron chi connectivity index (χ2n) is 4.27. The molecule has 0 saturated heterocycles. The van der Waals surface area contributed by atoms with Crippen LogP contribution in [0.5, 0.6) is 0 Å². The highest BCUT2D eigenvalue weighted by Gasteiger charge is 2.00. The van der Waals surface area contributed by atoms with E-state index in [0.29, 0.717) is 0 Å². The minimum absolute atomic E-state index is 0.872. The van der Waals surface area contributed by atoms with Crippen molar-refractivity contribution in [3.05, 3.63) is 30.6 Å². The second kappa shape index (κ2) is 6.90. The average molecular weight is 248 g/mol. The van der Waals surface area contributed by atoms with Crippen molar-refractivity contribution in [2.24, 2.45) is 0 Å². The van der Waals surface area contributed by atoms with Crippen LogP contribution < -0.4 is 5.32 Å². The van der Waals surface area contributed by atoms with Gasteiger partial charge in [-0.1, -0.05) is 12.1 Å². The van der Waals surface area contributed by atoms with Crippen molar-refractivity contribution in [3.8, 4) is 0 Å². The number of hydrogen-bond donors (Lipinski definition) is 1. The first-order valence-corrected chi connectivity index (χ1v) is 6.44. The molecule has 0 radical (unpaired) electrons. The van der Waals surface area contributed by atoms with E-state index in [0.717, 1.165) is 39.0 Å². The highest BCUT2D eigenvalue weighted by molar-refractivity contribution is 4.97. The third-order valence-corrected chi connectivity index (χ3v) is 2.78. The summed E-state index contributed by atoms with van der Waals surface area (Å²) in [6.07, 6.45) is 9.60. The summed E-state index contributed by atoms with van der Waals surface area (Å²) in [5.74, 6) is 0.